The standard InChI is InChI=1S/C38H36Cl4N4O6/c1-37(25-9-5-3-6-10-25,21-23-13-15-27(39)29(41)19-23)45-35(49)33(43)51-31(47)17-18-32(48)52-34(44)36(50)46-38(2,26-11-7-4-8-12-26)22-24-14-16-28(40)30(42)20-24/h3-20,33-34H,21-22,43-44H2,1-2H3,(H,45,49)(H,46,50)/b18-17-. The second-order valence-electron chi connectivity index (χ2n) is 12.3. The van der Waals surface area contributed by atoms with E-state index in [1.54, 1.807) is 50.2 Å². The van der Waals surface area contributed by atoms with E-state index in [0.717, 1.165) is 22.3 Å². The zero-order chi connectivity index (χ0) is 38.1. The molecule has 4 aromatic carbocycles. The van der Waals surface area contributed by atoms with Crippen LogP contribution in [0, 0.1) is 0 Å². The molecule has 0 radical (unpaired) electrons. The number of amides is 2. The van der Waals surface area contributed by atoms with Gasteiger partial charge in [-0.1, -0.05) is 119 Å². The van der Waals surface area contributed by atoms with E-state index < -0.39 is 47.3 Å². The van der Waals surface area contributed by atoms with Crippen molar-refractivity contribution in [1.82, 2.24) is 10.6 Å². The largest absolute Gasteiger partial charge is 0.434 e. The fourth-order valence-electron chi connectivity index (χ4n) is 5.42. The number of esters is 2. The Hall–Kier alpha value is -4.42. The van der Waals surface area contributed by atoms with Gasteiger partial charge in [0.15, 0.2) is 0 Å². The maximum absolute atomic E-state index is 13.2. The summed E-state index contributed by atoms with van der Waals surface area (Å²) in [4.78, 5) is 51.3. The molecule has 0 fully saturated rings. The van der Waals surface area contributed by atoms with Crippen LogP contribution in [0.2, 0.25) is 20.1 Å². The van der Waals surface area contributed by atoms with Gasteiger partial charge in [-0.3, -0.25) is 21.1 Å². The van der Waals surface area contributed by atoms with Gasteiger partial charge in [-0.15, -0.1) is 0 Å². The van der Waals surface area contributed by atoms with Crippen LogP contribution in [0.3, 0.4) is 0 Å². The summed E-state index contributed by atoms with van der Waals surface area (Å²) in [5.41, 5.74) is 12.9. The minimum Gasteiger partial charge on any atom is -0.434 e. The third-order valence-electron chi connectivity index (χ3n) is 8.06. The summed E-state index contributed by atoms with van der Waals surface area (Å²) < 4.78 is 10.1. The highest BCUT2D eigenvalue weighted by Gasteiger charge is 2.33. The first kappa shape index (κ1) is 40.4. The lowest BCUT2D eigenvalue weighted by Crippen LogP contribution is -2.52. The SMILES string of the molecule is CC(Cc1ccc(Cl)c(Cl)c1)(NC(=O)C(N)OC(=O)/C=C\C(=O)OC(N)C(=O)NC(C)(Cc1ccc(Cl)c(Cl)c1)c1ccccc1)c1ccccc1. The smallest absolute Gasteiger partial charge is 0.333 e. The zero-order valence-electron chi connectivity index (χ0n) is 28.1. The summed E-state index contributed by atoms with van der Waals surface area (Å²) in [6.07, 6.45) is -1.51. The highest BCUT2D eigenvalue weighted by Crippen LogP contribution is 2.31. The second-order valence-corrected chi connectivity index (χ2v) is 13.9. The lowest BCUT2D eigenvalue weighted by atomic mass is 9.85. The molecule has 10 nitrogen and oxygen atoms in total. The average molecular weight is 787 g/mol. The molecule has 0 aliphatic carbocycles. The molecule has 52 heavy (non-hydrogen) atoms. The molecule has 0 spiro atoms. The van der Waals surface area contributed by atoms with Gasteiger partial charge >= 0.3 is 11.9 Å². The first-order chi connectivity index (χ1) is 24.6. The normalized spacial score (nSPS) is 14.7. The lowest BCUT2D eigenvalue weighted by Gasteiger charge is -2.33. The van der Waals surface area contributed by atoms with Crippen LogP contribution in [0.5, 0.6) is 0 Å². The van der Waals surface area contributed by atoms with Crippen molar-refractivity contribution in [1.29, 1.82) is 0 Å². The molecule has 4 rings (SSSR count). The van der Waals surface area contributed by atoms with Gasteiger partial charge in [0, 0.05) is 12.2 Å². The Morgan fingerprint density at radius 3 is 1.27 bits per heavy atom. The van der Waals surface area contributed by atoms with Crippen molar-refractivity contribution >= 4 is 70.2 Å². The number of ether oxygens (including phenoxy) is 2. The highest BCUT2D eigenvalue weighted by atomic mass is 35.5. The van der Waals surface area contributed by atoms with Crippen LogP contribution in [-0.4, -0.2) is 36.2 Å². The number of rotatable bonds is 14. The molecular weight excluding hydrogens is 750 g/mol. The second kappa shape index (κ2) is 17.9. The van der Waals surface area contributed by atoms with Crippen LogP contribution in [0.25, 0.3) is 0 Å². The lowest BCUT2D eigenvalue weighted by molar-refractivity contribution is -0.153. The molecule has 4 unspecified atom stereocenters. The predicted octanol–water partition coefficient (Wildman–Crippen LogP) is 6.36. The Balaban J connectivity index is 1.36. The number of carbonyl (C=O) groups excluding carboxylic acids is 4. The van der Waals surface area contributed by atoms with Crippen molar-refractivity contribution in [2.75, 3.05) is 0 Å². The van der Waals surface area contributed by atoms with Crippen molar-refractivity contribution in [3.8, 4) is 0 Å². The maximum Gasteiger partial charge on any atom is 0.333 e. The van der Waals surface area contributed by atoms with Gasteiger partial charge in [0.1, 0.15) is 0 Å². The van der Waals surface area contributed by atoms with Crippen LogP contribution in [0.4, 0.5) is 0 Å². The number of nitrogens with two attached hydrogens (primary N) is 2. The number of halogens is 4. The number of benzene rings is 4. The van der Waals surface area contributed by atoms with Crippen LogP contribution >= 0.6 is 46.4 Å². The van der Waals surface area contributed by atoms with Crippen LogP contribution < -0.4 is 22.1 Å². The van der Waals surface area contributed by atoms with Gasteiger partial charge in [-0.05, 0) is 73.2 Å². The molecule has 4 aromatic rings. The van der Waals surface area contributed by atoms with Crippen LogP contribution in [0.15, 0.2) is 109 Å². The zero-order valence-corrected chi connectivity index (χ0v) is 31.1. The Bertz CT molecular complexity index is 1810. The fourth-order valence-corrected chi connectivity index (χ4v) is 6.06. The molecule has 0 aliphatic rings. The summed E-state index contributed by atoms with van der Waals surface area (Å²) in [6, 6.07) is 28.5. The third-order valence-corrected chi connectivity index (χ3v) is 9.54. The number of hydrogen-bond donors (Lipinski definition) is 4. The Labute approximate surface area is 321 Å². The van der Waals surface area contributed by atoms with Gasteiger partial charge in [0.2, 0.25) is 12.5 Å². The van der Waals surface area contributed by atoms with E-state index in [2.05, 4.69) is 10.6 Å². The fraction of sp³-hybridized carbons (Fsp3) is 0.211. The van der Waals surface area contributed by atoms with Crippen molar-refractivity contribution in [3.05, 3.63) is 152 Å². The molecule has 0 bridgehead atoms. The van der Waals surface area contributed by atoms with Gasteiger partial charge in [-0.2, -0.15) is 0 Å². The molecule has 6 N–H and O–H groups in total. The minimum absolute atomic E-state index is 0.292. The van der Waals surface area contributed by atoms with E-state index in [1.807, 2.05) is 60.7 Å². The van der Waals surface area contributed by atoms with E-state index in [-0.39, 0.29) is 0 Å². The Kier molecular flexibility index (Phi) is 13.9. The first-order valence-electron chi connectivity index (χ1n) is 15.8. The van der Waals surface area contributed by atoms with Crippen LogP contribution in [0.1, 0.15) is 36.1 Å². The van der Waals surface area contributed by atoms with Gasteiger partial charge in [0.05, 0.1) is 31.2 Å². The maximum atomic E-state index is 13.2. The summed E-state index contributed by atoms with van der Waals surface area (Å²) in [6.45, 7) is 3.56. The highest BCUT2D eigenvalue weighted by molar-refractivity contribution is 6.42. The number of nitrogens with one attached hydrogen (secondary N) is 2. The quantitative estimate of drug-likeness (QED) is 0.0652. The Morgan fingerprint density at radius 1 is 0.596 bits per heavy atom. The molecule has 0 heterocycles. The summed E-state index contributed by atoms with van der Waals surface area (Å²) in [5, 5.41) is 7.16. The summed E-state index contributed by atoms with van der Waals surface area (Å²) >= 11 is 24.6. The molecule has 0 saturated heterocycles. The average Bonchev–Trinajstić information content (AvgIpc) is 3.11. The molecular formula is C38H36Cl4N4O6. The predicted molar refractivity (Wildman–Crippen MR) is 201 cm³/mol. The molecule has 4 atom stereocenters. The van der Waals surface area contributed by atoms with E-state index in [4.69, 9.17) is 67.3 Å². The van der Waals surface area contributed by atoms with Crippen molar-refractivity contribution in [3.63, 3.8) is 0 Å². The summed E-state index contributed by atoms with van der Waals surface area (Å²) in [5.74, 6) is -3.86. The topological polar surface area (TPSA) is 163 Å². The van der Waals surface area contributed by atoms with Gasteiger partial charge in [0.25, 0.3) is 11.8 Å². The Morgan fingerprint density at radius 2 is 0.942 bits per heavy atom. The van der Waals surface area contributed by atoms with Gasteiger partial charge < -0.3 is 20.1 Å². The third kappa shape index (κ3) is 11.0. The number of carbonyl (C=O) groups is 4. The molecule has 0 aromatic heterocycles. The van der Waals surface area contributed by atoms with E-state index in [0.29, 0.717) is 45.1 Å². The number of hydrogen-bond acceptors (Lipinski definition) is 8. The van der Waals surface area contributed by atoms with Crippen molar-refractivity contribution in [2.45, 2.75) is 50.2 Å². The molecule has 14 heteroatoms. The van der Waals surface area contributed by atoms with E-state index in [1.165, 1.54) is 0 Å². The van der Waals surface area contributed by atoms with Gasteiger partial charge in [-0.25, -0.2) is 9.59 Å². The van der Waals surface area contributed by atoms with Crippen molar-refractivity contribution < 1.29 is 28.7 Å². The molecule has 0 aliphatic heterocycles. The molecule has 272 valence electrons. The van der Waals surface area contributed by atoms with Crippen LogP contribution in [-0.2, 0) is 52.6 Å². The first-order valence-corrected chi connectivity index (χ1v) is 17.3. The minimum atomic E-state index is -1.75. The van der Waals surface area contributed by atoms with E-state index in [9.17, 15) is 19.2 Å². The molecule has 0 saturated carbocycles. The summed E-state index contributed by atoms with van der Waals surface area (Å²) in [7, 11) is 0. The molecule has 2 amide bonds. The monoisotopic (exact) mass is 784 g/mol. The van der Waals surface area contributed by atoms with E-state index >= 15 is 0 Å². The van der Waals surface area contributed by atoms with Crippen molar-refractivity contribution in [2.24, 2.45) is 11.5 Å².